The molecular formula is C4H2N8O11. The molecule has 2 aliphatic heterocycles. The predicted octanol–water partition coefficient (Wildman–Crippen LogP) is -2.29. The second-order valence-corrected chi connectivity index (χ2v) is 3.55. The maximum absolute atomic E-state index is 10.8. The summed E-state index contributed by atoms with van der Waals surface area (Å²) in [6.07, 6.45) is -4.83. The third kappa shape index (κ3) is 2.76. The lowest BCUT2D eigenvalue weighted by Gasteiger charge is -2.14. The Balaban J connectivity index is 2.16. The quantitative estimate of drug-likeness (QED) is 0.388. The maximum Gasteiger partial charge on any atom is 0.484 e. The van der Waals surface area contributed by atoms with E-state index in [1.54, 1.807) is 0 Å². The van der Waals surface area contributed by atoms with Crippen molar-refractivity contribution >= 4 is 11.7 Å². The fourth-order valence-corrected chi connectivity index (χ4v) is 1.33. The third-order valence-corrected chi connectivity index (χ3v) is 2.23. The average molecular weight is 338 g/mol. The first-order valence-electron chi connectivity index (χ1n) is 5.06. The van der Waals surface area contributed by atoms with Crippen LogP contribution < -0.4 is 0 Å². The summed E-state index contributed by atoms with van der Waals surface area (Å²) in [5.41, 5.74) is 0. The molecule has 2 aliphatic rings. The van der Waals surface area contributed by atoms with Gasteiger partial charge in [-0.25, -0.2) is 0 Å². The van der Waals surface area contributed by atoms with Crippen molar-refractivity contribution in [3.8, 4) is 0 Å². The Hall–Kier alpha value is -3.58. The Morgan fingerprint density at radius 3 is 1.43 bits per heavy atom. The number of hydroxylamine groups is 4. The van der Waals surface area contributed by atoms with Gasteiger partial charge in [-0.2, -0.15) is 9.88 Å². The van der Waals surface area contributed by atoms with Gasteiger partial charge in [0, 0.05) is 0 Å². The number of hydrogen-bond acceptors (Lipinski definition) is 15. The molecule has 0 aliphatic carbocycles. The number of amidine groups is 2. The molecule has 0 amide bonds. The SMILES string of the molecule is O=[N+]([O-])C1=NON(ON2ON=C([N+](=O)[O-])C2[N+](=O)[O-])C1[N+](=O)[O-]. The van der Waals surface area contributed by atoms with Crippen molar-refractivity contribution in [2.45, 2.75) is 12.3 Å². The third-order valence-electron chi connectivity index (χ3n) is 2.23. The van der Waals surface area contributed by atoms with Crippen molar-refractivity contribution in [3.05, 3.63) is 40.5 Å². The highest BCUT2D eigenvalue weighted by Crippen LogP contribution is 2.20. The van der Waals surface area contributed by atoms with Gasteiger partial charge < -0.3 is 20.2 Å². The van der Waals surface area contributed by atoms with Crippen LogP contribution in [0, 0.1) is 40.5 Å². The molecule has 0 spiro atoms. The summed E-state index contributed by atoms with van der Waals surface area (Å²) in [7, 11) is 0. The highest BCUT2D eigenvalue weighted by molar-refractivity contribution is 5.78. The van der Waals surface area contributed by atoms with Crippen LogP contribution in [0.2, 0.25) is 0 Å². The van der Waals surface area contributed by atoms with Crippen LogP contribution in [0.5, 0.6) is 0 Å². The Bertz CT molecular complexity index is 588. The predicted molar refractivity (Wildman–Crippen MR) is 57.4 cm³/mol. The van der Waals surface area contributed by atoms with Crippen LogP contribution in [0.25, 0.3) is 0 Å². The molecule has 0 aromatic heterocycles. The first kappa shape index (κ1) is 15.8. The Labute approximate surface area is 121 Å². The van der Waals surface area contributed by atoms with E-state index in [0.717, 1.165) is 0 Å². The summed E-state index contributed by atoms with van der Waals surface area (Å²) < 4.78 is 0. The van der Waals surface area contributed by atoms with Gasteiger partial charge in [0.1, 0.15) is 10.5 Å². The minimum absolute atomic E-state index is 0.243. The minimum Gasteiger partial charge on any atom is -0.358 e. The van der Waals surface area contributed by atoms with E-state index >= 15 is 0 Å². The van der Waals surface area contributed by atoms with Crippen molar-refractivity contribution in [1.82, 2.24) is 10.5 Å². The van der Waals surface area contributed by atoms with Gasteiger partial charge in [0.05, 0.1) is 9.85 Å². The zero-order valence-electron chi connectivity index (χ0n) is 10.2. The normalized spacial score (nSPS) is 24.3. The van der Waals surface area contributed by atoms with E-state index in [2.05, 4.69) is 25.1 Å². The van der Waals surface area contributed by atoms with Crippen molar-refractivity contribution in [2.75, 3.05) is 0 Å². The molecule has 0 aromatic carbocycles. The van der Waals surface area contributed by atoms with E-state index in [1.165, 1.54) is 0 Å². The molecule has 19 nitrogen and oxygen atoms in total. The number of hydrogen-bond donors (Lipinski definition) is 0. The van der Waals surface area contributed by atoms with Crippen molar-refractivity contribution in [3.63, 3.8) is 0 Å². The second kappa shape index (κ2) is 5.66. The molecule has 23 heavy (non-hydrogen) atoms. The molecule has 2 rings (SSSR count). The largest absolute Gasteiger partial charge is 0.484 e. The molecule has 19 heteroatoms. The summed E-state index contributed by atoms with van der Waals surface area (Å²) in [6, 6.07) is 0. The highest BCUT2D eigenvalue weighted by atomic mass is 17.2. The van der Waals surface area contributed by atoms with Crippen LogP contribution in [0.3, 0.4) is 0 Å². The Morgan fingerprint density at radius 2 is 1.17 bits per heavy atom. The zero-order chi connectivity index (χ0) is 17.3. The second-order valence-electron chi connectivity index (χ2n) is 3.55. The van der Waals surface area contributed by atoms with Gasteiger partial charge in [0.25, 0.3) is 0 Å². The summed E-state index contributed by atoms with van der Waals surface area (Å²) in [6.45, 7) is 0. The van der Waals surface area contributed by atoms with Crippen LogP contribution in [-0.4, -0.2) is 54.1 Å². The fourth-order valence-electron chi connectivity index (χ4n) is 1.33. The lowest BCUT2D eigenvalue weighted by molar-refractivity contribution is -0.673. The summed E-state index contributed by atoms with van der Waals surface area (Å²) in [4.78, 5) is 50.3. The molecule has 2 atom stereocenters. The maximum atomic E-state index is 10.8. The standard InChI is InChI=1S/C4H2N8O11/c13-7(14)1-3(9(17)18)11(21-5-1)23-12-4(10(19)20)2(6-22-12)8(15)16/h3-4H. The van der Waals surface area contributed by atoms with Gasteiger partial charge in [-0.1, -0.05) is 0 Å². The molecular weight excluding hydrogens is 336 g/mol. The molecule has 2 heterocycles. The number of oxime groups is 2. The minimum atomic E-state index is -2.42. The molecule has 0 bridgehead atoms. The first-order chi connectivity index (χ1) is 10.7. The van der Waals surface area contributed by atoms with E-state index in [0.29, 0.717) is 0 Å². The summed E-state index contributed by atoms with van der Waals surface area (Å²) in [5, 5.41) is 47.7. The van der Waals surface area contributed by atoms with Crippen LogP contribution >= 0.6 is 0 Å². The van der Waals surface area contributed by atoms with Crippen LogP contribution in [0.4, 0.5) is 0 Å². The summed E-state index contributed by atoms with van der Waals surface area (Å²) in [5.74, 6) is -2.61. The van der Waals surface area contributed by atoms with Crippen molar-refractivity contribution in [1.29, 1.82) is 0 Å². The van der Waals surface area contributed by atoms with Crippen LogP contribution in [0.1, 0.15) is 0 Å². The van der Waals surface area contributed by atoms with E-state index in [4.69, 9.17) is 0 Å². The van der Waals surface area contributed by atoms with Crippen LogP contribution in [-0.2, 0) is 14.8 Å². The molecule has 124 valence electrons. The van der Waals surface area contributed by atoms with Crippen molar-refractivity contribution in [2.24, 2.45) is 10.3 Å². The topological polar surface area (TPSA) is 231 Å². The van der Waals surface area contributed by atoms with E-state index < -0.39 is 43.7 Å². The number of rotatable bonds is 4. The molecule has 0 saturated carbocycles. The lowest BCUT2D eigenvalue weighted by atomic mass is 10.5. The monoisotopic (exact) mass is 338 g/mol. The molecule has 2 unspecified atom stereocenters. The van der Waals surface area contributed by atoms with E-state index in [9.17, 15) is 40.5 Å². The van der Waals surface area contributed by atoms with Crippen LogP contribution in [0.15, 0.2) is 10.3 Å². The van der Waals surface area contributed by atoms with E-state index in [-0.39, 0.29) is 10.5 Å². The van der Waals surface area contributed by atoms with Gasteiger partial charge in [-0.05, 0) is 9.85 Å². The van der Waals surface area contributed by atoms with Gasteiger partial charge in [-0.3, -0.25) is 20.2 Å². The highest BCUT2D eigenvalue weighted by Gasteiger charge is 2.61. The number of nitrogens with zero attached hydrogens (tertiary/aromatic N) is 8. The van der Waals surface area contributed by atoms with Gasteiger partial charge in [0.2, 0.25) is 0 Å². The lowest BCUT2D eigenvalue weighted by Crippen LogP contribution is -2.51. The summed E-state index contributed by atoms with van der Waals surface area (Å²) >= 11 is 0. The van der Waals surface area contributed by atoms with E-state index in [1.807, 2.05) is 0 Å². The zero-order valence-corrected chi connectivity index (χ0v) is 10.2. The van der Waals surface area contributed by atoms with Gasteiger partial charge in [0.15, 0.2) is 10.3 Å². The molecule has 0 saturated heterocycles. The first-order valence-corrected chi connectivity index (χ1v) is 5.06. The Morgan fingerprint density at radius 1 is 0.826 bits per heavy atom. The molecule has 0 fully saturated rings. The number of nitro groups is 4. The smallest absolute Gasteiger partial charge is 0.358 e. The molecule has 0 radical (unpaired) electrons. The Kier molecular flexibility index (Phi) is 3.89. The molecule has 0 aromatic rings. The van der Waals surface area contributed by atoms with Gasteiger partial charge >= 0.3 is 24.0 Å². The fraction of sp³-hybridized carbons (Fsp3) is 0.500. The van der Waals surface area contributed by atoms with Crippen molar-refractivity contribution < 1.29 is 34.5 Å². The average Bonchev–Trinajstić information content (AvgIpc) is 3.02. The molecule has 0 N–H and O–H groups in total. The van der Waals surface area contributed by atoms with Gasteiger partial charge in [-0.15, -0.1) is 4.94 Å².